The minimum Gasteiger partial charge on any atom is -0.462 e. The predicted octanol–water partition coefficient (Wildman–Crippen LogP) is 1.24. The average molecular weight is 216 g/mol. The maximum absolute atomic E-state index is 11.4. The molecule has 16 heavy (non-hydrogen) atoms. The van der Waals surface area contributed by atoms with Gasteiger partial charge in [-0.15, -0.1) is 0 Å². The van der Waals surface area contributed by atoms with Crippen molar-refractivity contribution >= 4 is 5.97 Å². The number of nitrogens with zero attached hydrogens (tertiary/aromatic N) is 3. The smallest absolute Gasteiger partial charge is 0.341 e. The molecule has 2 aromatic rings. The van der Waals surface area contributed by atoms with E-state index in [-0.39, 0.29) is 5.97 Å². The molecular weight excluding hydrogens is 206 g/mol. The standard InChI is InChI=1S/C11H10N3O2/c1-2-16-11(15)9-7-13-14(8-9)10-5-3-4-6-12-10/h3,5-8H,2H2,1H3. The number of carbonyl (C=O) groups is 1. The van der Waals surface area contributed by atoms with Gasteiger partial charge in [-0.05, 0) is 19.1 Å². The second-order valence-corrected chi connectivity index (χ2v) is 3.01. The van der Waals surface area contributed by atoms with E-state index in [1.54, 1.807) is 31.5 Å². The van der Waals surface area contributed by atoms with Crippen molar-refractivity contribution in [3.63, 3.8) is 0 Å². The number of rotatable bonds is 3. The van der Waals surface area contributed by atoms with Crippen LogP contribution in [0.2, 0.25) is 0 Å². The molecule has 0 spiro atoms. The van der Waals surface area contributed by atoms with Gasteiger partial charge in [-0.25, -0.2) is 14.5 Å². The molecule has 0 aromatic carbocycles. The van der Waals surface area contributed by atoms with Crippen LogP contribution in [-0.4, -0.2) is 27.3 Å². The molecule has 81 valence electrons. The van der Waals surface area contributed by atoms with Crippen LogP contribution in [0.4, 0.5) is 0 Å². The second-order valence-electron chi connectivity index (χ2n) is 3.01. The lowest BCUT2D eigenvalue weighted by Gasteiger charge is -1.98. The van der Waals surface area contributed by atoms with Gasteiger partial charge in [0.05, 0.1) is 18.4 Å². The molecule has 0 N–H and O–H groups in total. The molecule has 1 radical (unpaired) electrons. The number of hydrogen-bond donors (Lipinski definition) is 0. The summed E-state index contributed by atoms with van der Waals surface area (Å²) in [5.41, 5.74) is 0.413. The van der Waals surface area contributed by atoms with Crippen LogP contribution in [-0.2, 0) is 4.74 Å². The molecule has 0 aliphatic heterocycles. The molecule has 0 fully saturated rings. The summed E-state index contributed by atoms with van der Waals surface area (Å²) in [6.07, 6.45) is 4.58. The quantitative estimate of drug-likeness (QED) is 0.724. The van der Waals surface area contributed by atoms with Crippen molar-refractivity contribution in [2.75, 3.05) is 6.61 Å². The summed E-state index contributed by atoms with van der Waals surface area (Å²) < 4.78 is 6.37. The van der Waals surface area contributed by atoms with Crippen LogP contribution in [0.15, 0.2) is 30.7 Å². The van der Waals surface area contributed by atoms with Crippen LogP contribution in [0.5, 0.6) is 0 Å². The van der Waals surface area contributed by atoms with Crippen molar-refractivity contribution in [2.24, 2.45) is 0 Å². The van der Waals surface area contributed by atoms with Crippen molar-refractivity contribution < 1.29 is 9.53 Å². The van der Waals surface area contributed by atoms with Crippen molar-refractivity contribution in [3.05, 3.63) is 42.4 Å². The second kappa shape index (κ2) is 4.57. The van der Waals surface area contributed by atoms with Gasteiger partial charge in [0.2, 0.25) is 0 Å². The summed E-state index contributed by atoms with van der Waals surface area (Å²) in [4.78, 5) is 15.4. The fraction of sp³-hybridized carbons (Fsp3) is 0.182. The van der Waals surface area contributed by atoms with Gasteiger partial charge in [-0.1, -0.05) is 0 Å². The maximum Gasteiger partial charge on any atom is 0.341 e. The van der Waals surface area contributed by atoms with Gasteiger partial charge in [0.25, 0.3) is 0 Å². The van der Waals surface area contributed by atoms with Gasteiger partial charge in [-0.3, -0.25) is 0 Å². The molecule has 0 unspecified atom stereocenters. The average Bonchev–Trinajstić information content (AvgIpc) is 2.80. The molecular formula is C11H10N3O2. The van der Waals surface area contributed by atoms with Crippen LogP contribution in [0, 0.1) is 6.07 Å². The molecule has 0 atom stereocenters. The van der Waals surface area contributed by atoms with Crippen LogP contribution in [0.25, 0.3) is 5.82 Å². The molecule has 2 heterocycles. The highest BCUT2D eigenvalue weighted by Gasteiger charge is 2.09. The Morgan fingerprint density at radius 1 is 1.62 bits per heavy atom. The fourth-order valence-electron chi connectivity index (χ4n) is 1.22. The highest BCUT2D eigenvalue weighted by atomic mass is 16.5. The number of esters is 1. The first-order valence-electron chi connectivity index (χ1n) is 4.85. The van der Waals surface area contributed by atoms with E-state index in [0.29, 0.717) is 18.0 Å². The zero-order chi connectivity index (χ0) is 11.4. The lowest BCUT2D eigenvalue weighted by atomic mass is 10.4. The molecule has 0 amide bonds. The van der Waals surface area contributed by atoms with Crippen molar-refractivity contribution in [1.29, 1.82) is 0 Å². The van der Waals surface area contributed by atoms with E-state index < -0.39 is 0 Å². The Hall–Kier alpha value is -2.17. The van der Waals surface area contributed by atoms with Gasteiger partial charge in [0, 0.05) is 18.5 Å². The topological polar surface area (TPSA) is 57.0 Å². The number of carbonyl (C=O) groups excluding carboxylic acids is 1. The minimum atomic E-state index is -0.378. The fourth-order valence-corrected chi connectivity index (χ4v) is 1.22. The van der Waals surface area contributed by atoms with E-state index in [4.69, 9.17) is 4.74 Å². The normalized spacial score (nSPS) is 10.1. The summed E-state index contributed by atoms with van der Waals surface area (Å²) >= 11 is 0. The number of hydrogen-bond acceptors (Lipinski definition) is 4. The summed E-state index contributed by atoms with van der Waals surface area (Å²) in [6, 6.07) is 6.29. The highest BCUT2D eigenvalue weighted by molar-refractivity contribution is 5.88. The van der Waals surface area contributed by atoms with E-state index in [1.807, 2.05) is 0 Å². The monoisotopic (exact) mass is 216 g/mol. The van der Waals surface area contributed by atoms with E-state index in [2.05, 4.69) is 16.1 Å². The van der Waals surface area contributed by atoms with Crippen molar-refractivity contribution in [3.8, 4) is 5.82 Å². The summed E-state index contributed by atoms with van der Waals surface area (Å²) in [5, 5.41) is 4.03. The number of ether oxygens (including phenoxy) is 1. The highest BCUT2D eigenvalue weighted by Crippen LogP contribution is 2.05. The number of aromatic nitrogens is 3. The molecule has 0 saturated heterocycles. The third kappa shape index (κ3) is 2.08. The Morgan fingerprint density at radius 3 is 3.19 bits per heavy atom. The maximum atomic E-state index is 11.4. The van der Waals surface area contributed by atoms with Gasteiger partial charge in [0.15, 0.2) is 5.82 Å². The Kier molecular flexibility index (Phi) is 2.95. The Bertz CT molecular complexity index is 479. The Labute approximate surface area is 92.7 Å². The lowest BCUT2D eigenvalue weighted by molar-refractivity contribution is 0.0526. The van der Waals surface area contributed by atoms with Gasteiger partial charge in [-0.2, -0.15) is 5.10 Å². The van der Waals surface area contributed by atoms with E-state index >= 15 is 0 Å². The summed E-state index contributed by atoms with van der Waals surface area (Å²) in [7, 11) is 0. The summed E-state index contributed by atoms with van der Waals surface area (Å²) in [6.45, 7) is 2.11. The van der Waals surface area contributed by atoms with Crippen LogP contribution in [0.3, 0.4) is 0 Å². The zero-order valence-corrected chi connectivity index (χ0v) is 8.75. The van der Waals surface area contributed by atoms with Gasteiger partial charge >= 0.3 is 5.97 Å². The van der Waals surface area contributed by atoms with Gasteiger partial charge < -0.3 is 4.74 Å². The summed E-state index contributed by atoms with van der Waals surface area (Å²) in [5.74, 6) is 0.255. The molecule has 5 nitrogen and oxygen atoms in total. The largest absolute Gasteiger partial charge is 0.462 e. The number of pyridine rings is 1. The molecule has 5 heteroatoms. The molecule has 0 aliphatic rings. The van der Waals surface area contributed by atoms with Crippen LogP contribution < -0.4 is 0 Å². The predicted molar refractivity (Wildman–Crippen MR) is 56.2 cm³/mol. The third-order valence-corrected chi connectivity index (χ3v) is 1.93. The molecule has 0 saturated carbocycles. The van der Waals surface area contributed by atoms with E-state index in [9.17, 15) is 4.79 Å². The zero-order valence-electron chi connectivity index (χ0n) is 8.75. The molecule has 2 aromatic heterocycles. The van der Waals surface area contributed by atoms with Crippen molar-refractivity contribution in [1.82, 2.24) is 14.8 Å². The first kappa shape index (κ1) is 10.4. The SMILES string of the molecule is CCOC(=O)c1cnn(-c2cc[c]cn2)c1. The molecule has 0 aliphatic carbocycles. The van der Waals surface area contributed by atoms with Crippen LogP contribution >= 0.6 is 0 Å². The van der Waals surface area contributed by atoms with E-state index in [1.165, 1.54) is 10.9 Å². The first-order chi connectivity index (χ1) is 7.81. The minimum absolute atomic E-state index is 0.350. The lowest BCUT2D eigenvalue weighted by Crippen LogP contribution is -2.03. The third-order valence-electron chi connectivity index (χ3n) is 1.93. The van der Waals surface area contributed by atoms with E-state index in [0.717, 1.165) is 0 Å². The first-order valence-corrected chi connectivity index (χ1v) is 4.85. The molecule has 0 bridgehead atoms. The van der Waals surface area contributed by atoms with Crippen LogP contribution in [0.1, 0.15) is 17.3 Å². The Morgan fingerprint density at radius 2 is 2.50 bits per heavy atom. The Balaban J connectivity index is 2.23. The van der Waals surface area contributed by atoms with Crippen molar-refractivity contribution in [2.45, 2.75) is 6.92 Å². The molecule has 2 rings (SSSR count). The van der Waals surface area contributed by atoms with Gasteiger partial charge in [0.1, 0.15) is 0 Å².